The van der Waals surface area contributed by atoms with Gasteiger partial charge in [-0.05, 0) is 31.5 Å². The lowest BCUT2D eigenvalue weighted by atomic mass is 10.3. The lowest BCUT2D eigenvalue weighted by Gasteiger charge is -2.03. The summed E-state index contributed by atoms with van der Waals surface area (Å²) in [6, 6.07) is 3.65. The van der Waals surface area contributed by atoms with Gasteiger partial charge in [0, 0.05) is 19.3 Å². The zero-order chi connectivity index (χ0) is 14.7. The van der Waals surface area contributed by atoms with Crippen molar-refractivity contribution in [1.29, 1.82) is 0 Å². The minimum absolute atomic E-state index is 0.525. The van der Waals surface area contributed by atoms with Gasteiger partial charge in [-0.15, -0.1) is 0 Å². The summed E-state index contributed by atoms with van der Waals surface area (Å²) in [6.45, 7) is 6.26. The molecule has 0 amide bonds. The molecule has 0 saturated heterocycles. The maximum absolute atomic E-state index is 5.62. The molecule has 3 heterocycles. The first-order valence-electron chi connectivity index (χ1n) is 6.92. The minimum atomic E-state index is 0.525. The number of rotatable bonds is 6. The highest BCUT2D eigenvalue weighted by atomic mass is 16.4. The van der Waals surface area contributed by atoms with Crippen molar-refractivity contribution in [1.82, 2.24) is 20.1 Å². The summed E-state index contributed by atoms with van der Waals surface area (Å²) in [5.74, 6) is 1.98. The fourth-order valence-corrected chi connectivity index (χ4v) is 2.09. The Hall–Kier alpha value is -2.34. The van der Waals surface area contributed by atoms with Crippen molar-refractivity contribution in [2.45, 2.75) is 26.9 Å². The van der Waals surface area contributed by atoms with Gasteiger partial charge in [-0.25, -0.2) is 4.98 Å². The van der Waals surface area contributed by atoms with Gasteiger partial charge in [0.25, 0.3) is 5.89 Å². The summed E-state index contributed by atoms with van der Waals surface area (Å²) in [5.41, 5.74) is 2.07. The molecular weight excluding hydrogens is 268 g/mol. The van der Waals surface area contributed by atoms with Gasteiger partial charge in [-0.3, -0.25) is 4.68 Å². The quantitative estimate of drug-likeness (QED) is 0.705. The van der Waals surface area contributed by atoms with Crippen LogP contribution in [0.2, 0.25) is 0 Å². The first-order chi connectivity index (χ1) is 10.2. The molecule has 0 radical (unpaired) electrons. The van der Waals surface area contributed by atoms with Crippen LogP contribution in [0.3, 0.4) is 0 Å². The van der Waals surface area contributed by atoms with Crippen LogP contribution in [-0.2, 0) is 13.1 Å². The van der Waals surface area contributed by atoms with E-state index in [0.717, 1.165) is 24.5 Å². The Morgan fingerprint density at radius 2 is 2.24 bits per heavy atom. The third-order valence-corrected chi connectivity index (χ3v) is 3.20. The molecular formula is C15H18N4O2. The number of aromatic nitrogens is 3. The Bertz CT molecular complexity index is 697. The van der Waals surface area contributed by atoms with Gasteiger partial charge in [0.15, 0.2) is 5.76 Å². The molecule has 3 aromatic heterocycles. The van der Waals surface area contributed by atoms with Crippen molar-refractivity contribution in [2.24, 2.45) is 0 Å². The Labute approximate surface area is 122 Å². The summed E-state index contributed by atoms with van der Waals surface area (Å²) < 4.78 is 12.8. The fourth-order valence-electron chi connectivity index (χ4n) is 2.09. The Kier molecular flexibility index (Phi) is 3.87. The second kappa shape index (κ2) is 5.97. The third kappa shape index (κ3) is 3.22. The van der Waals surface area contributed by atoms with Crippen molar-refractivity contribution in [3.8, 4) is 11.7 Å². The average molecular weight is 286 g/mol. The zero-order valence-corrected chi connectivity index (χ0v) is 12.2. The topological polar surface area (TPSA) is 69.0 Å². The van der Waals surface area contributed by atoms with Crippen LogP contribution in [-0.4, -0.2) is 21.3 Å². The molecule has 0 fully saturated rings. The van der Waals surface area contributed by atoms with Crippen LogP contribution in [0.25, 0.3) is 11.7 Å². The summed E-state index contributed by atoms with van der Waals surface area (Å²) in [7, 11) is 0. The van der Waals surface area contributed by atoms with Crippen molar-refractivity contribution in [2.75, 3.05) is 6.54 Å². The number of nitrogens with zero attached hydrogens (tertiary/aromatic N) is 3. The molecule has 3 aromatic rings. The third-order valence-electron chi connectivity index (χ3n) is 3.20. The zero-order valence-electron chi connectivity index (χ0n) is 12.2. The fraction of sp³-hybridized carbons (Fsp3) is 0.333. The van der Waals surface area contributed by atoms with Crippen LogP contribution in [0.5, 0.6) is 0 Å². The van der Waals surface area contributed by atoms with Crippen LogP contribution >= 0.6 is 0 Å². The second-order valence-corrected chi connectivity index (χ2v) is 4.96. The molecule has 0 aromatic carbocycles. The number of hydrogen-bond acceptors (Lipinski definition) is 5. The second-order valence-electron chi connectivity index (χ2n) is 4.96. The molecule has 0 aliphatic heterocycles. The lowest BCUT2D eigenvalue weighted by molar-refractivity contribution is 0.498. The van der Waals surface area contributed by atoms with E-state index in [1.54, 1.807) is 6.26 Å². The summed E-state index contributed by atoms with van der Waals surface area (Å²) in [4.78, 5) is 4.46. The van der Waals surface area contributed by atoms with E-state index in [1.807, 2.05) is 43.1 Å². The first-order valence-corrected chi connectivity index (χ1v) is 6.92. The maximum atomic E-state index is 5.62. The first kappa shape index (κ1) is 13.6. The lowest BCUT2D eigenvalue weighted by Crippen LogP contribution is -2.20. The predicted octanol–water partition coefficient (Wildman–Crippen LogP) is 2.54. The van der Waals surface area contributed by atoms with Gasteiger partial charge >= 0.3 is 0 Å². The van der Waals surface area contributed by atoms with Gasteiger partial charge in [-0.1, -0.05) is 0 Å². The predicted molar refractivity (Wildman–Crippen MR) is 77.6 cm³/mol. The molecule has 0 saturated carbocycles. The highest BCUT2D eigenvalue weighted by Gasteiger charge is 2.12. The van der Waals surface area contributed by atoms with E-state index in [9.17, 15) is 0 Å². The monoisotopic (exact) mass is 286 g/mol. The molecule has 0 atom stereocenters. The van der Waals surface area contributed by atoms with E-state index in [1.165, 1.54) is 5.56 Å². The standard InChI is InChI=1S/C15H18N4O2/c1-11-8-17-19(10-11)6-5-16-9-13-12(2)21-15(18-13)14-4-3-7-20-14/h3-4,7-8,10,16H,5-6,9H2,1-2H3. The van der Waals surface area contributed by atoms with Crippen molar-refractivity contribution >= 4 is 0 Å². The Morgan fingerprint density at radius 3 is 2.95 bits per heavy atom. The molecule has 0 aliphatic rings. The molecule has 0 aliphatic carbocycles. The molecule has 1 N–H and O–H groups in total. The minimum Gasteiger partial charge on any atom is -0.459 e. The van der Waals surface area contributed by atoms with Gasteiger partial charge in [0.2, 0.25) is 0 Å². The molecule has 110 valence electrons. The molecule has 0 unspecified atom stereocenters. The molecule has 6 heteroatoms. The van der Waals surface area contributed by atoms with Crippen molar-refractivity contribution < 1.29 is 8.83 Å². The molecule has 0 spiro atoms. The van der Waals surface area contributed by atoms with E-state index < -0.39 is 0 Å². The number of hydrogen-bond donors (Lipinski definition) is 1. The molecule has 6 nitrogen and oxygen atoms in total. The number of aryl methyl sites for hydroxylation is 2. The number of oxazole rings is 1. The van der Waals surface area contributed by atoms with Crippen LogP contribution in [0.15, 0.2) is 39.6 Å². The van der Waals surface area contributed by atoms with Gasteiger partial charge in [-0.2, -0.15) is 5.10 Å². The van der Waals surface area contributed by atoms with Crippen LogP contribution in [0, 0.1) is 13.8 Å². The van der Waals surface area contributed by atoms with Crippen molar-refractivity contribution in [3.05, 3.63) is 47.8 Å². The normalized spacial score (nSPS) is 11.1. The number of furan rings is 1. The molecule has 21 heavy (non-hydrogen) atoms. The van der Waals surface area contributed by atoms with E-state index in [0.29, 0.717) is 18.2 Å². The van der Waals surface area contributed by atoms with Crippen molar-refractivity contribution in [3.63, 3.8) is 0 Å². The average Bonchev–Trinajstić information content (AvgIpc) is 3.17. The van der Waals surface area contributed by atoms with E-state index >= 15 is 0 Å². The highest BCUT2D eigenvalue weighted by molar-refractivity contribution is 5.44. The van der Waals surface area contributed by atoms with Gasteiger partial charge in [0.1, 0.15) is 5.76 Å². The summed E-state index contributed by atoms with van der Waals surface area (Å²) in [5, 5.41) is 7.59. The SMILES string of the molecule is Cc1cnn(CCNCc2nc(-c3ccco3)oc2C)c1. The van der Waals surface area contributed by atoms with Crippen LogP contribution in [0.1, 0.15) is 17.0 Å². The van der Waals surface area contributed by atoms with Crippen LogP contribution < -0.4 is 5.32 Å². The molecule has 3 rings (SSSR count). The van der Waals surface area contributed by atoms with E-state index in [4.69, 9.17) is 8.83 Å². The largest absolute Gasteiger partial charge is 0.459 e. The van der Waals surface area contributed by atoms with Gasteiger partial charge in [0.05, 0.1) is 24.7 Å². The van der Waals surface area contributed by atoms with E-state index in [-0.39, 0.29) is 0 Å². The maximum Gasteiger partial charge on any atom is 0.263 e. The van der Waals surface area contributed by atoms with Gasteiger partial charge < -0.3 is 14.2 Å². The Balaban J connectivity index is 1.53. The van der Waals surface area contributed by atoms with E-state index in [2.05, 4.69) is 15.4 Å². The van der Waals surface area contributed by atoms with Crippen LogP contribution in [0.4, 0.5) is 0 Å². The Morgan fingerprint density at radius 1 is 1.33 bits per heavy atom. The summed E-state index contributed by atoms with van der Waals surface area (Å²) in [6.07, 6.45) is 5.49. The molecule has 0 bridgehead atoms. The summed E-state index contributed by atoms with van der Waals surface area (Å²) >= 11 is 0. The number of nitrogens with one attached hydrogen (secondary N) is 1. The highest BCUT2D eigenvalue weighted by Crippen LogP contribution is 2.21. The smallest absolute Gasteiger partial charge is 0.263 e.